The minimum Gasteiger partial charge on any atom is -0.392 e. The van der Waals surface area contributed by atoms with Gasteiger partial charge in [-0.25, -0.2) is 0 Å². The lowest BCUT2D eigenvalue weighted by atomic mass is 9.80. The average Bonchev–Trinajstić information content (AvgIpc) is 2.54. The van der Waals surface area contributed by atoms with Crippen LogP contribution in [0.3, 0.4) is 0 Å². The van der Waals surface area contributed by atoms with Crippen molar-refractivity contribution in [3.8, 4) is 0 Å². The molecule has 1 fully saturated rings. The maximum absolute atomic E-state index is 11.7. The van der Waals surface area contributed by atoms with Gasteiger partial charge in [0, 0.05) is 0 Å². The molecule has 0 saturated carbocycles. The third-order valence-corrected chi connectivity index (χ3v) is 3.37. The van der Waals surface area contributed by atoms with E-state index in [1.807, 2.05) is 24.3 Å². The Morgan fingerprint density at radius 2 is 1.76 bits per heavy atom. The van der Waals surface area contributed by atoms with Crippen LogP contribution in [0, 0.1) is 0 Å². The first-order valence-corrected chi connectivity index (χ1v) is 5.79. The molecule has 3 nitrogen and oxygen atoms in total. The van der Waals surface area contributed by atoms with Gasteiger partial charge in [-0.05, 0) is 24.0 Å². The molecule has 0 aromatic heterocycles. The van der Waals surface area contributed by atoms with Crippen molar-refractivity contribution >= 4 is 11.9 Å². The molecule has 1 aromatic carbocycles. The molecule has 2 rings (SSSR count). The van der Waals surface area contributed by atoms with E-state index in [9.17, 15) is 9.59 Å². The largest absolute Gasteiger partial charge is 0.392 e. The third kappa shape index (κ3) is 1.97. The normalized spacial score (nSPS) is 24.2. The molecule has 90 valence electrons. The number of benzene rings is 1. The molecule has 1 aliphatic rings. The molecule has 0 bridgehead atoms. The van der Waals surface area contributed by atoms with Crippen LogP contribution in [-0.4, -0.2) is 11.9 Å². The van der Waals surface area contributed by atoms with Crippen LogP contribution in [0.25, 0.3) is 0 Å². The molecule has 1 heterocycles. The van der Waals surface area contributed by atoms with Gasteiger partial charge in [0.15, 0.2) is 0 Å². The highest BCUT2D eigenvalue weighted by Gasteiger charge is 2.46. The second-order valence-electron chi connectivity index (χ2n) is 5.05. The van der Waals surface area contributed by atoms with Crippen molar-refractivity contribution in [2.45, 2.75) is 38.5 Å². The van der Waals surface area contributed by atoms with Crippen molar-refractivity contribution in [3.05, 3.63) is 35.4 Å². The lowest BCUT2D eigenvalue weighted by Gasteiger charge is -2.19. The van der Waals surface area contributed by atoms with Gasteiger partial charge in [-0.1, -0.05) is 38.1 Å². The summed E-state index contributed by atoms with van der Waals surface area (Å²) in [6.45, 7) is 5.98. The van der Waals surface area contributed by atoms with E-state index in [4.69, 9.17) is 0 Å². The molecule has 3 heteroatoms. The number of carbonyl (C=O) groups is 2. The van der Waals surface area contributed by atoms with Crippen LogP contribution < -0.4 is 0 Å². The van der Waals surface area contributed by atoms with Gasteiger partial charge in [0.1, 0.15) is 5.41 Å². The monoisotopic (exact) mass is 232 g/mol. The first-order valence-electron chi connectivity index (χ1n) is 5.79. The Hall–Kier alpha value is -1.64. The summed E-state index contributed by atoms with van der Waals surface area (Å²) in [6.07, 6.45) is 0.132. The van der Waals surface area contributed by atoms with Crippen LogP contribution in [0.4, 0.5) is 0 Å². The van der Waals surface area contributed by atoms with Crippen LogP contribution in [0.2, 0.25) is 0 Å². The Morgan fingerprint density at radius 1 is 1.18 bits per heavy atom. The van der Waals surface area contributed by atoms with Crippen LogP contribution in [0.5, 0.6) is 0 Å². The van der Waals surface area contributed by atoms with E-state index in [2.05, 4.69) is 18.6 Å². The zero-order valence-electron chi connectivity index (χ0n) is 10.3. The van der Waals surface area contributed by atoms with Gasteiger partial charge >= 0.3 is 11.9 Å². The molecular formula is C14H16O3. The van der Waals surface area contributed by atoms with E-state index in [1.54, 1.807) is 6.92 Å². The lowest BCUT2D eigenvalue weighted by Crippen LogP contribution is -2.27. The van der Waals surface area contributed by atoms with E-state index in [1.165, 1.54) is 5.56 Å². The number of hydrogen-bond acceptors (Lipinski definition) is 3. The summed E-state index contributed by atoms with van der Waals surface area (Å²) in [7, 11) is 0. The molecule has 1 aliphatic heterocycles. The first kappa shape index (κ1) is 11.8. The smallest absolute Gasteiger partial charge is 0.324 e. The predicted molar refractivity (Wildman–Crippen MR) is 63.6 cm³/mol. The molecule has 0 N–H and O–H groups in total. The minimum atomic E-state index is -0.813. The number of carbonyl (C=O) groups excluding carboxylic acids is 2. The molecule has 1 saturated heterocycles. The molecular weight excluding hydrogens is 216 g/mol. The van der Waals surface area contributed by atoms with Crippen molar-refractivity contribution in [1.29, 1.82) is 0 Å². The van der Waals surface area contributed by atoms with E-state index in [0.717, 1.165) is 5.56 Å². The maximum Gasteiger partial charge on any atom is 0.324 e. The van der Waals surface area contributed by atoms with Crippen LogP contribution in [0.15, 0.2) is 24.3 Å². The molecule has 1 aromatic rings. The van der Waals surface area contributed by atoms with Gasteiger partial charge in [-0.2, -0.15) is 0 Å². The number of hydrogen-bond donors (Lipinski definition) is 0. The van der Waals surface area contributed by atoms with E-state index >= 15 is 0 Å². The van der Waals surface area contributed by atoms with Crippen LogP contribution in [-0.2, 0) is 19.7 Å². The Labute approximate surface area is 101 Å². The van der Waals surface area contributed by atoms with Gasteiger partial charge in [-0.15, -0.1) is 0 Å². The van der Waals surface area contributed by atoms with Crippen molar-refractivity contribution < 1.29 is 14.3 Å². The van der Waals surface area contributed by atoms with Crippen molar-refractivity contribution in [1.82, 2.24) is 0 Å². The van der Waals surface area contributed by atoms with Gasteiger partial charge < -0.3 is 4.74 Å². The number of ether oxygens (including phenoxy) is 1. The molecule has 1 unspecified atom stereocenters. The molecule has 0 spiro atoms. The summed E-state index contributed by atoms with van der Waals surface area (Å²) in [5.41, 5.74) is 1.25. The van der Waals surface area contributed by atoms with Crippen LogP contribution in [0.1, 0.15) is 44.2 Å². The van der Waals surface area contributed by atoms with E-state index in [-0.39, 0.29) is 6.42 Å². The van der Waals surface area contributed by atoms with Gasteiger partial charge in [-0.3, -0.25) is 9.59 Å². The minimum absolute atomic E-state index is 0.132. The zero-order valence-corrected chi connectivity index (χ0v) is 10.3. The van der Waals surface area contributed by atoms with Gasteiger partial charge in [0.25, 0.3) is 0 Å². The fourth-order valence-electron chi connectivity index (χ4n) is 2.07. The highest BCUT2D eigenvalue weighted by Crippen LogP contribution is 2.35. The summed E-state index contributed by atoms with van der Waals surface area (Å²) in [4.78, 5) is 22.9. The Kier molecular flexibility index (Phi) is 2.77. The highest BCUT2D eigenvalue weighted by atomic mass is 16.6. The quantitative estimate of drug-likeness (QED) is 0.581. The summed E-state index contributed by atoms with van der Waals surface area (Å²) in [5.74, 6) is -0.431. The molecule has 0 amide bonds. The standard InChI is InChI=1S/C14H16O3/c1-9(2)10-4-6-11(7-5-10)14(3)8-12(15)17-13(14)16/h4-7,9H,8H2,1-3H3. The average molecular weight is 232 g/mol. The SMILES string of the molecule is CC(C)c1ccc(C2(C)CC(=O)OC2=O)cc1. The number of rotatable bonds is 2. The zero-order chi connectivity index (χ0) is 12.6. The summed E-state index contributed by atoms with van der Waals surface area (Å²) < 4.78 is 4.63. The maximum atomic E-state index is 11.7. The Balaban J connectivity index is 2.34. The highest BCUT2D eigenvalue weighted by molar-refractivity contribution is 6.00. The first-order chi connectivity index (χ1) is 7.93. The van der Waals surface area contributed by atoms with Gasteiger partial charge in [0.05, 0.1) is 6.42 Å². The van der Waals surface area contributed by atoms with Crippen molar-refractivity contribution in [2.24, 2.45) is 0 Å². The Bertz CT molecular complexity index is 459. The van der Waals surface area contributed by atoms with E-state index in [0.29, 0.717) is 5.92 Å². The fourth-order valence-corrected chi connectivity index (χ4v) is 2.07. The number of cyclic esters (lactones) is 2. The summed E-state index contributed by atoms with van der Waals surface area (Å²) in [6, 6.07) is 7.83. The van der Waals surface area contributed by atoms with Crippen LogP contribution >= 0.6 is 0 Å². The summed E-state index contributed by atoms with van der Waals surface area (Å²) >= 11 is 0. The molecule has 0 radical (unpaired) electrons. The molecule has 17 heavy (non-hydrogen) atoms. The second-order valence-corrected chi connectivity index (χ2v) is 5.05. The van der Waals surface area contributed by atoms with E-state index < -0.39 is 17.4 Å². The second kappa shape index (κ2) is 3.99. The predicted octanol–water partition coefficient (Wildman–Crippen LogP) is 2.54. The van der Waals surface area contributed by atoms with Crippen molar-refractivity contribution in [3.63, 3.8) is 0 Å². The Morgan fingerprint density at radius 3 is 2.18 bits per heavy atom. The summed E-state index contributed by atoms with van der Waals surface area (Å²) in [5, 5.41) is 0. The molecule has 1 atom stereocenters. The topological polar surface area (TPSA) is 43.4 Å². The van der Waals surface area contributed by atoms with Gasteiger partial charge in [0.2, 0.25) is 0 Å². The fraction of sp³-hybridized carbons (Fsp3) is 0.429. The molecule has 0 aliphatic carbocycles. The number of esters is 2. The lowest BCUT2D eigenvalue weighted by molar-refractivity contribution is -0.153. The third-order valence-electron chi connectivity index (χ3n) is 3.37. The van der Waals surface area contributed by atoms with Crippen molar-refractivity contribution in [2.75, 3.05) is 0 Å².